The highest BCUT2D eigenvalue weighted by Crippen LogP contribution is 2.26. The number of thiazole rings is 1. The monoisotopic (exact) mass is 377 g/mol. The second-order valence-electron chi connectivity index (χ2n) is 6.09. The predicted octanol–water partition coefficient (Wildman–Crippen LogP) is 5.56. The van der Waals surface area contributed by atoms with E-state index in [1.807, 2.05) is 61.5 Å². The van der Waals surface area contributed by atoms with E-state index in [1.165, 1.54) is 0 Å². The van der Waals surface area contributed by atoms with Gasteiger partial charge in [-0.3, -0.25) is 0 Å². The molecule has 0 fully saturated rings. The van der Waals surface area contributed by atoms with E-state index in [9.17, 15) is 0 Å². The zero-order chi connectivity index (χ0) is 18.6. The van der Waals surface area contributed by atoms with Gasteiger partial charge in [-0.05, 0) is 25.5 Å². The number of nitrogens with zero attached hydrogens (tertiary/aromatic N) is 3. The van der Waals surface area contributed by atoms with Crippen molar-refractivity contribution in [3.8, 4) is 28.4 Å². The number of hydrogen-bond acceptors (Lipinski definition) is 6. The first kappa shape index (κ1) is 17.4. The standard InChI is InChI=1S/C21H19N3O2S/c1-3-19-22-18(13-27-19)15-9-11-16(12-10-15)20-23-21(26-24-20)14(2)25-17-7-5-4-6-8-17/h4-14H,3H2,1-2H3. The number of para-hydroxylation sites is 1. The van der Waals surface area contributed by atoms with Crippen LogP contribution in [0.15, 0.2) is 64.5 Å². The van der Waals surface area contributed by atoms with Crippen molar-refractivity contribution < 1.29 is 9.26 Å². The van der Waals surface area contributed by atoms with Gasteiger partial charge in [0.05, 0.1) is 10.7 Å². The Bertz CT molecular complexity index is 1010. The van der Waals surface area contributed by atoms with Gasteiger partial charge in [-0.15, -0.1) is 11.3 Å². The molecule has 1 atom stereocenters. The van der Waals surface area contributed by atoms with Crippen molar-refractivity contribution in [2.45, 2.75) is 26.4 Å². The highest BCUT2D eigenvalue weighted by atomic mass is 32.1. The molecule has 0 aliphatic rings. The Labute approximate surface area is 161 Å². The molecule has 0 aliphatic carbocycles. The minimum Gasteiger partial charge on any atom is -0.481 e. The lowest BCUT2D eigenvalue weighted by Gasteiger charge is -2.09. The van der Waals surface area contributed by atoms with E-state index >= 15 is 0 Å². The molecule has 2 heterocycles. The Balaban J connectivity index is 1.49. The van der Waals surface area contributed by atoms with Gasteiger partial charge >= 0.3 is 0 Å². The first-order valence-electron chi connectivity index (χ1n) is 8.83. The van der Waals surface area contributed by atoms with Crippen LogP contribution in [-0.2, 0) is 6.42 Å². The van der Waals surface area contributed by atoms with Crippen LogP contribution in [0.4, 0.5) is 0 Å². The Morgan fingerprint density at radius 3 is 2.44 bits per heavy atom. The van der Waals surface area contributed by atoms with Gasteiger partial charge in [0, 0.05) is 16.5 Å². The molecule has 27 heavy (non-hydrogen) atoms. The number of aryl methyl sites for hydroxylation is 1. The molecule has 4 rings (SSSR count). The summed E-state index contributed by atoms with van der Waals surface area (Å²) in [4.78, 5) is 9.10. The van der Waals surface area contributed by atoms with Crippen LogP contribution in [-0.4, -0.2) is 15.1 Å². The maximum Gasteiger partial charge on any atom is 0.267 e. The van der Waals surface area contributed by atoms with Crippen molar-refractivity contribution in [2.75, 3.05) is 0 Å². The molecular weight excluding hydrogens is 358 g/mol. The summed E-state index contributed by atoms with van der Waals surface area (Å²) in [5.74, 6) is 1.77. The fourth-order valence-corrected chi connectivity index (χ4v) is 3.42. The highest BCUT2D eigenvalue weighted by Gasteiger charge is 2.17. The molecule has 6 heteroatoms. The average molecular weight is 377 g/mol. The second kappa shape index (κ2) is 7.72. The third-order valence-corrected chi connectivity index (χ3v) is 5.13. The van der Waals surface area contributed by atoms with Crippen LogP contribution in [0.25, 0.3) is 22.6 Å². The summed E-state index contributed by atoms with van der Waals surface area (Å²) in [6, 6.07) is 17.6. The first-order valence-corrected chi connectivity index (χ1v) is 9.71. The average Bonchev–Trinajstić information content (AvgIpc) is 3.39. The van der Waals surface area contributed by atoms with E-state index in [-0.39, 0.29) is 6.10 Å². The van der Waals surface area contributed by atoms with Gasteiger partial charge in [0.15, 0.2) is 6.10 Å². The van der Waals surface area contributed by atoms with Gasteiger partial charge in [-0.25, -0.2) is 4.98 Å². The Morgan fingerprint density at radius 2 is 1.74 bits per heavy atom. The van der Waals surface area contributed by atoms with Crippen LogP contribution < -0.4 is 4.74 Å². The van der Waals surface area contributed by atoms with E-state index in [2.05, 4.69) is 27.4 Å². The van der Waals surface area contributed by atoms with Crippen molar-refractivity contribution >= 4 is 11.3 Å². The maximum atomic E-state index is 5.84. The zero-order valence-corrected chi connectivity index (χ0v) is 15.9. The molecule has 2 aromatic heterocycles. The Kier molecular flexibility index (Phi) is 4.98. The van der Waals surface area contributed by atoms with E-state index in [0.717, 1.165) is 34.0 Å². The molecule has 5 nitrogen and oxygen atoms in total. The number of rotatable bonds is 6. The highest BCUT2D eigenvalue weighted by molar-refractivity contribution is 7.09. The summed E-state index contributed by atoms with van der Waals surface area (Å²) in [7, 11) is 0. The molecule has 0 amide bonds. The third-order valence-electron chi connectivity index (χ3n) is 4.14. The van der Waals surface area contributed by atoms with Crippen molar-refractivity contribution in [3.63, 3.8) is 0 Å². The largest absolute Gasteiger partial charge is 0.481 e. The van der Waals surface area contributed by atoms with Gasteiger partial charge in [-0.2, -0.15) is 4.98 Å². The van der Waals surface area contributed by atoms with Crippen LogP contribution in [0.3, 0.4) is 0 Å². The van der Waals surface area contributed by atoms with Crippen molar-refractivity contribution in [1.29, 1.82) is 0 Å². The van der Waals surface area contributed by atoms with E-state index < -0.39 is 0 Å². The quantitative estimate of drug-likeness (QED) is 0.440. The normalized spacial score (nSPS) is 12.1. The van der Waals surface area contributed by atoms with Gasteiger partial charge < -0.3 is 9.26 Å². The van der Waals surface area contributed by atoms with Gasteiger partial charge in [0.1, 0.15) is 5.75 Å². The lowest BCUT2D eigenvalue weighted by molar-refractivity contribution is 0.176. The van der Waals surface area contributed by atoms with E-state index in [4.69, 9.17) is 9.26 Å². The summed E-state index contributed by atoms with van der Waals surface area (Å²) >= 11 is 1.69. The summed E-state index contributed by atoms with van der Waals surface area (Å²) in [6.07, 6.45) is 0.632. The van der Waals surface area contributed by atoms with E-state index in [0.29, 0.717) is 11.7 Å². The minimum atomic E-state index is -0.324. The fraction of sp³-hybridized carbons (Fsp3) is 0.190. The van der Waals surface area contributed by atoms with Gasteiger partial charge in [0.25, 0.3) is 5.89 Å². The lowest BCUT2D eigenvalue weighted by Crippen LogP contribution is -2.03. The fourth-order valence-electron chi connectivity index (χ4n) is 2.67. The molecule has 0 N–H and O–H groups in total. The minimum absolute atomic E-state index is 0.324. The van der Waals surface area contributed by atoms with Crippen LogP contribution in [0.2, 0.25) is 0 Å². The summed E-state index contributed by atoms with van der Waals surface area (Å²) in [5.41, 5.74) is 2.98. The Hall–Kier alpha value is -2.99. The molecule has 136 valence electrons. The number of ether oxygens (including phenoxy) is 1. The molecule has 0 saturated heterocycles. The SMILES string of the molecule is CCc1nc(-c2ccc(-c3noc(C(C)Oc4ccccc4)n3)cc2)cs1. The van der Waals surface area contributed by atoms with Crippen molar-refractivity contribution in [2.24, 2.45) is 0 Å². The molecular formula is C21H19N3O2S. The molecule has 4 aromatic rings. The van der Waals surface area contributed by atoms with Crippen LogP contribution >= 0.6 is 11.3 Å². The summed E-state index contributed by atoms with van der Waals surface area (Å²) in [5, 5.41) is 7.32. The predicted molar refractivity (Wildman–Crippen MR) is 106 cm³/mol. The van der Waals surface area contributed by atoms with Crippen molar-refractivity contribution in [3.05, 3.63) is 70.9 Å². The number of benzene rings is 2. The van der Waals surface area contributed by atoms with Crippen molar-refractivity contribution in [1.82, 2.24) is 15.1 Å². The topological polar surface area (TPSA) is 61.0 Å². The lowest BCUT2D eigenvalue weighted by atomic mass is 10.1. The first-order chi connectivity index (χ1) is 13.2. The van der Waals surface area contributed by atoms with Crippen LogP contribution in [0, 0.1) is 0 Å². The van der Waals surface area contributed by atoms with E-state index in [1.54, 1.807) is 11.3 Å². The maximum absolute atomic E-state index is 5.84. The summed E-state index contributed by atoms with van der Waals surface area (Å²) in [6.45, 7) is 4.00. The summed E-state index contributed by atoms with van der Waals surface area (Å²) < 4.78 is 11.2. The van der Waals surface area contributed by atoms with Crippen LogP contribution in [0.1, 0.15) is 30.8 Å². The molecule has 2 aromatic carbocycles. The molecule has 0 spiro atoms. The van der Waals surface area contributed by atoms with Gasteiger partial charge in [-0.1, -0.05) is 54.5 Å². The number of aromatic nitrogens is 3. The third kappa shape index (κ3) is 3.90. The molecule has 0 radical (unpaired) electrons. The molecule has 0 saturated carbocycles. The molecule has 1 unspecified atom stereocenters. The Morgan fingerprint density at radius 1 is 1.00 bits per heavy atom. The molecule has 0 aliphatic heterocycles. The second-order valence-corrected chi connectivity index (χ2v) is 7.03. The van der Waals surface area contributed by atoms with Gasteiger partial charge in [0.2, 0.25) is 5.82 Å². The molecule has 0 bridgehead atoms. The van der Waals surface area contributed by atoms with Crippen LogP contribution in [0.5, 0.6) is 5.75 Å². The number of hydrogen-bond donors (Lipinski definition) is 0. The zero-order valence-electron chi connectivity index (χ0n) is 15.1. The smallest absolute Gasteiger partial charge is 0.267 e.